The Bertz CT molecular complexity index is 1790. The Morgan fingerprint density at radius 1 is 0.564 bits per heavy atom. The van der Waals surface area contributed by atoms with Crippen molar-refractivity contribution >= 4 is 27.5 Å². The van der Waals surface area contributed by atoms with E-state index in [9.17, 15) is 4.79 Å². The number of hydrogen-bond acceptors (Lipinski definition) is 4. The minimum absolute atomic E-state index is 0.254. The number of carbonyl (C=O) groups is 1. The average Bonchev–Trinajstić information content (AvgIpc) is 2.97. The summed E-state index contributed by atoms with van der Waals surface area (Å²) in [6.45, 7) is 2.05. The zero-order chi connectivity index (χ0) is 26.6. The van der Waals surface area contributed by atoms with Crippen LogP contribution < -0.4 is 9.47 Å². The summed E-state index contributed by atoms with van der Waals surface area (Å²) in [7, 11) is 0. The quantitative estimate of drug-likeness (QED) is 0.201. The van der Waals surface area contributed by atoms with Crippen molar-refractivity contribution in [1.82, 2.24) is 0 Å². The van der Waals surface area contributed by atoms with Gasteiger partial charge in [0, 0.05) is 11.6 Å². The summed E-state index contributed by atoms with van der Waals surface area (Å²) in [4.78, 5) is 13.3. The molecule has 0 atom stereocenters. The first-order chi connectivity index (χ1) is 19.2. The van der Waals surface area contributed by atoms with Crippen molar-refractivity contribution in [3.63, 3.8) is 0 Å². The molecule has 0 aliphatic carbocycles. The lowest BCUT2D eigenvalue weighted by atomic mass is 9.98. The lowest BCUT2D eigenvalue weighted by Crippen LogP contribution is -2.08. The number of carbonyl (C=O) groups excluding carboxylic acids is 1. The van der Waals surface area contributed by atoms with Gasteiger partial charge in [0.2, 0.25) is 0 Å². The van der Waals surface area contributed by atoms with Crippen LogP contribution in [0, 0.1) is 0 Å². The highest BCUT2D eigenvalue weighted by molar-refractivity contribution is 6.00. The van der Waals surface area contributed by atoms with Crippen LogP contribution in [0.4, 0.5) is 0 Å². The Morgan fingerprint density at radius 3 is 1.74 bits per heavy atom. The van der Waals surface area contributed by atoms with Crippen LogP contribution >= 0.6 is 0 Å². The summed E-state index contributed by atoms with van der Waals surface area (Å²) in [6.07, 6.45) is 0. The molecule has 0 aliphatic heterocycles. The second-order valence-corrected chi connectivity index (χ2v) is 9.15. The van der Waals surface area contributed by atoms with Gasteiger partial charge in [-0.05, 0) is 64.4 Å². The fraction of sp³-hybridized carbons (Fsp3) is 0.0571. The van der Waals surface area contributed by atoms with E-state index in [1.807, 2.05) is 109 Å². The van der Waals surface area contributed by atoms with Crippen LogP contribution in [-0.2, 0) is 4.74 Å². The molecule has 0 radical (unpaired) electrons. The molecule has 6 rings (SSSR count). The lowest BCUT2D eigenvalue weighted by molar-refractivity contribution is 0.0526. The van der Waals surface area contributed by atoms with E-state index >= 15 is 0 Å². The molecule has 0 N–H and O–H groups in total. The van der Waals surface area contributed by atoms with Gasteiger partial charge in [0.15, 0.2) is 0 Å². The molecule has 0 heterocycles. The van der Waals surface area contributed by atoms with E-state index in [0.29, 0.717) is 34.1 Å². The minimum Gasteiger partial charge on any atom is -0.462 e. The molecule has 6 aromatic rings. The minimum atomic E-state index is -0.441. The number of esters is 1. The van der Waals surface area contributed by atoms with Gasteiger partial charge in [-0.1, -0.05) is 91.0 Å². The molecule has 0 saturated carbocycles. The van der Waals surface area contributed by atoms with Crippen LogP contribution in [-0.4, -0.2) is 12.6 Å². The monoisotopic (exact) mass is 510 g/mol. The molecule has 0 fully saturated rings. The van der Waals surface area contributed by atoms with E-state index in [4.69, 9.17) is 14.2 Å². The third kappa shape index (κ3) is 5.18. The van der Waals surface area contributed by atoms with Crippen molar-refractivity contribution in [2.24, 2.45) is 0 Å². The molecule has 6 aromatic carbocycles. The summed E-state index contributed by atoms with van der Waals surface area (Å²) in [5.74, 6) is 1.85. The van der Waals surface area contributed by atoms with Crippen LogP contribution in [0.3, 0.4) is 0 Å². The van der Waals surface area contributed by atoms with E-state index in [1.54, 1.807) is 13.0 Å². The third-order valence-corrected chi connectivity index (χ3v) is 6.54. The Balaban J connectivity index is 1.49. The zero-order valence-electron chi connectivity index (χ0n) is 21.5. The Labute approximate surface area is 227 Å². The maximum atomic E-state index is 13.3. The van der Waals surface area contributed by atoms with Gasteiger partial charge in [0.1, 0.15) is 23.0 Å². The zero-order valence-corrected chi connectivity index (χ0v) is 21.5. The fourth-order valence-electron chi connectivity index (χ4n) is 4.73. The predicted octanol–water partition coefficient (Wildman–Crippen LogP) is 9.42. The van der Waals surface area contributed by atoms with Crippen molar-refractivity contribution in [2.75, 3.05) is 6.61 Å². The lowest BCUT2D eigenvalue weighted by Gasteiger charge is -2.18. The van der Waals surface area contributed by atoms with E-state index < -0.39 is 5.97 Å². The molecule has 39 heavy (non-hydrogen) atoms. The van der Waals surface area contributed by atoms with E-state index in [-0.39, 0.29) is 6.61 Å². The Kier molecular flexibility index (Phi) is 6.67. The molecule has 0 spiro atoms. The Hall–Kier alpha value is -5.09. The highest BCUT2D eigenvalue weighted by Crippen LogP contribution is 2.41. The molecule has 190 valence electrons. The molecule has 0 bridgehead atoms. The van der Waals surface area contributed by atoms with Crippen molar-refractivity contribution in [1.29, 1.82) is 0 Å². The summed E-state index contributed by atoms with van der Waals surface area (Å²) in [5, 5.41) is 4.37. The number of ether oxygens (including phenoxy) is 3. The van der Waals surface area contributed by atoms with Gasteiger partial charge in [-0.3, -0.25) is 0 Å². The first kappa shape index (κ1) is 24.3. The van der Waals surface area contributed by atoms with E-state index in [1.165, 1.54) is 0 Å². The van der Waals surface area contributed by atoms with Crippen LogP contribution in [0.1, 0.15) is 17.3 Å². The van der Waals surface area contributed by atoms with Gasteiger partial charge in [-0.15, -0.1) is 0 Å². The second-order valence-electron chi connectivity index (χ2n) is 9.15. The summed E-state index contributed by atoms with van der Waals surface area (Å²) in [6, 6.07) is 41.3. The maximum absolute atomic E-state index is 13.3. The molecule has 4 nitrogen and oxygen atoms in total. The smallest absolute Gasteiger partial charge is 0.339 e. The number of hydrogen-bond donors (Lipinski definition) is 0. The van der Waals surface area contributed by atoms with Crippen molar-refractivity contribution in [2.45, 2.75) is 6.92 Å². The van der Waals surface area contributed by atoms with Crippen molar-refractivity contribution < 1.29 is 19.0 Å². The summed E-state index contributed by atoms with van der Waals surface area (Å²) < 4.78 is 18.3. The molecule has 4 heteroatoms. The van der Waals surface area contributed by atoms with Gasteiger partial charge >= 0.3 is 5.97 Å². The first-order valence-electron chi connectivity index (χ1n) is 12.9. The molecular weight excluding hydrogens is 484 g/mol. The van der Waals surface area contributed by atoms with E-state index in [2.05, 4.69) is 12.1 Å². The van der Waals surface area contributed by atoms with Crippen LogP contribution in [0.5, 0.6) is 23.0 Å². The van der Waals surface area contributed by atoms with Crippen molar-refractivity contribution in [3.8, 4) is 34.1 Å². The number of fused-ring (bicyclic) bond motifs is 2. The van der Waals surface area contributed by atoms with Crippen LogP contribution in [0.15, 0.2) is 127 Å². The standard InChI is InChI=1S/C35H26O4/c1-2-37-35(36)32-22-31(38-29-18-16-24-10-6-8-14-27(24)20-29)23-33(34(32)26-12-4-3-5-13-26)39-30-19-17-25-11-7-9-15-28(25)21-30/h3-23H,2H2,1H3. The highest BCUT2D eigenvalue weighted by Gasteiger charge is 2.22. The number of rotatable bonds is 7. The second kappa shape index (κ2) is 10.7. The van der Waals surface area contributed by atoms with Gasteiger partial charge in [0.05, 0.1) is 12.2 Å². The van der Waals surface area contributed by atoms with Crippen LogP contribution in [0.25, 0.3) is 32.7 Å². The molecular formula is C35H26O4. The normalized spacial score (nSPS) is 10.9. The van der Waals surface area contributed by atoms with Gasteiger partial charge in [-0.2, -0.15) is 0 Å². The molecule has 0 unspecified atom stereocenters. The Morgan fingerprint density at radius 2 is 1.13 bits per heavy atom. The summed E-state index contributed by atoms with van der Waals surface area (Å²) >= 11 is 0. The molecule has 0 aromatic heterocycles. The number of benzene rings is 6. The van der Waals surface area contributed by atoms with Gasteiger partial charge in [0.25, 0.3) is 0 Å². The largest absolute Gasteiger partial charge is 0.462 e. The van der Waals surface area contributed by atoms with E-state index in [0.717, 1.165) is 27.1 Å². The fourth-order valence-corrected chi connectivity index (χ4v) is 4.73. The van der Waals surface area contributed by atoms with Crippen molar-refractivity contribution in [3.05, 3.63) is 133 Å². The average molecular weight is 511 g/mol. The SMILES string of the molecule is CCOC(=O)c1cc(Oc2ccc3ccccc3c2)cc(Oc2ccc3ccccc3c2)c1-c1ccccc1. The highest BCUT2D eigenvalue weighted by atomic mass is 16.5. The summed E-state index contributed by atoms with van der Waals surface area (Å²) in [5.41, 5.74) is 1.86. The molecule has 0 amide bonds. The third-order valence-electron chi connectivity index (χ3n) is 6.54. The van der Waals surface area contributed by atoms with Gasteiger partial charge < -0.3 is 14.2 Å². The maximum Gasteiger partial charge on any atom is 0.339 e. The van der Waals surface area contributed by atoms with Crippen LogP contribution in [0.2, 0.25) is 0 Å². The first-order valence-corrected chi connectivity index (χ1v) is 12.9. The topological polar surface area (TPSA) is 44.8 Å². The molecule has 0 aliphatic rings. The van der Waals surface area contributed by atoms with Gasteiger partial charge in [-0.25, -0.2) is 4.79 Å². The predicted molar refractivity (Wildman–Crippen MR) is 156 cm³/mol. The molecule has 0 saturated heterocycles.